The quantitative estimate of drug-likeness (QED) is 0.307. The van der Waals surface area contributed by atoms with Gasteiger partial charge in [0.1, 0.15) is 17.6 Å². The number of nitrogens with one attached hydrogen (secondary N) is 1. The van der Waals surface area contributed by atoms with Gasteiger partial charge in [-0.05, 0) is 55.3 Å². The monoisotopic (exact) mass is 520 g/mol. The summed E-state index contributed by atoms with van der Waals surface area (Å²) in [5, 5.41) is 14.9. The maximum absolute atomic E-state index is 13.3. The van der Waals surface area contributed by atoms with Crippen molar-refractivity contribution < 1.29 is 8.42 Å². The van der Waals surface area contributed by atoms with E-state index in [4.69, 9.17) is 5.10 Å². The van der Waals surface area contributed by atoms with Crippen molar-refractivity contribution in [2.24, 2.45) is 0 Å². The van der Waals surface area contributed by atoms with E-state index in [0.29, 0.717) is 41.3 Å². The molecule has 9 heteroatoms. The number of fused-ring (bicyclic) bond motifs is 1. The topological polar surface area (TPSA) is 108 Å². The first-order valence-electron chi connectivity index (χ1n) is 12.4. The van der Waals surface area contributed by atoms with Crippen molar-refractivity contribution in [1.82, 2.24) is 24.1 Å². The van der Waals surface area contributed by atoms with Crippen LogP contribution in [0.2, 0.25) is 0 Å². The molecule has 0 bridgehead atoms. The molecule has 38 heavy (non-hydrogen) atoms. The zero-order chi connectivity index (χ0) is 26.1. The molecular weight excluding hydrogens is 496 g/mol. The van der Waals surface area contributed by atoms with Crippen LogP contribution in [0.1, 0.15) is 24.2 Å². The summed E-state index contributed by atoms with van der Waals surface area (Å²) in [5.74, 6) is 0.456. The van der Waals surface area contributed by atoms with Crippen molar-refractivity contribution in [2.45, 2.75) is 17.7 Å². The minimum absolute atomic E-state index is 0.235. The van der Waals surface area contributed by atoms with Crippen LogP contribution in [-0.4, -0.2) is 45.6 Å². The Balaban J connectivity index is 1.48. The van der Waals surface area contributed by atoms with Crippen LogP contribution in [0.5, 0.6) is 0 Å². The number of hydrogen-bond donors (Lipinski definition) is 1. The third kappa shape index (κ3) is 4.41. The van der Waals surface area contributed by atoms with Gasteiger partial charge in [-0.1, -0.05) is 42.5 Å². The highest BCUT2D eigenvalue weighted by molar-refractivity contribution is 7.89. The number of benzene rings is 3. The van der Waals surface area contributed by atoms with Gasteiger partial charge in [0.25, 0.3) is 0 Å². The first-order chi connectivity index (χ1) is 18.5. The lowest BCUT2D eigenvalue weighted by atomic mass is 10.1. The molecule has 8 nitrogen and oxygen atoms in total. The molecule has 6 rings (SSSR count). The van der Waals surface area contributed by atoms with E-state index in [1.807, 2.05) is 66.9 Å². The van der Waals surface area contributed by atoms with Gasteiger partial charge in [-0.15, -0.1) is 0 Å². The summed E-state index contributed by atoms with van der Waals surface area (Å²) in [6, 6.07) is 26.3. The molecule has 2 aromatic heterocycles. The van der Waals surface area contributed by atoms with Gasteiger partial charge in [-0.2, -0.15) is 14.7 Å². The Morgan fingerprint density at radius 1 is 0.974 bits per heavy atom. The van der Waals surface area contributed by atoms with Crippen LogP contribution < -0.4 is 0 Å². The fraction of sp³-hybridized carbons (Fsp3) is 0.138. The summed E-state index contributed by atoms with van der Waals surface area (Å²) in [7, 11) is -3.60. The highest BCUT2D eigenvalue weighted by Gasteiger charge is 2.27. The van der Waals surface area contributed by atoms with E-state index in [1.165, 1.54) is 4.31 Å². The van der Waals surface area contributed by atoms with Crippen molar-refractivity contribution in [3.8, 4) is 23.0 Å². The van der Waals surface area contributed by atoms with Gasteiger partial charge in [0.05, 0.1) is 27.2 Å². The Labute approximate surface area is 220 Å². The van der Waals surface area contributed by atoms with Crippen LogP contribution in [-0.2, 0) is 10.0 Å². The average molecular weight is 521 g/mol. The third-order valence-corrected chi connectivity index (χ3v) is 8.53. The maximum atomic E-state index is 13.3. The normalized spacial score (nSPS) is 14.7. The van der Waals surface area contributed by atoms with Crippen LogP contribution in [0.15, 0.2) is 90.0 Å². The van der Waals surface area contributed by atoms with Crippen molar-refractivity contribution in [2.75, 3.05) is 13.1 Å². The summed E-state index contributed by atoms with van der Waals surface area (Å²) < 4.78 is 29.8. The second-order valence-corrected chi connectivity index (χ2v) is 11.1. The van der Waals surface area contributed by atoms with E-state index < -0.39 is 10.0 Å². The van der Waals surface area contributed by atoms with Gasteiger partial charge in [-0.3, -0.25) is 0 Å². The molecule has 0 saturated carbocycles. The van der Waals surface area contributed by atoms with E-state index >= 15 is 0 Å². The van der Waals surface area contributed by atoms with Crippen molar-refractivity contribution in [3.05, 3.63) is 96.4 Å². The van der Waals surface area contributed by atoms with Gasteiger partial charge in [0.15, 0.2) is 0 Å². The third-order valence-electron chi connectivity index (χ3n) is 6.64. The Kier molecular flexibility index (Phi) is 6.12. The van der Waals surface area contributed by atoms with Crippen molar-refractivity contribution in [1.29, 1.82) is 5.26 Å². The fourth-order valence-corrected chi connectivity index (χ4v) is 6.26. The van der Waals surface area contributed by atoms with Crippen LogP contribution in [0.25, 0.3) is 39.6 Å². The SMILES string of the molecule is N#CC(=Cc1cn(-c2ccccc2)nc1-c1cccc(S(=O)(=O)N2CCCC2)c1)c1nc2ccccc2[nH]1. The molecular formula is C29H24N6O2S. The predicted octanol–water partition coefficient (Wildman–Crippen LogP) is 5.26. The zero-order valence-corrected chi connectivity index (χ0v) is 21.3. The smallest absolute Gasteiger partial charge is 0.243 e. The van der Waals surface area contributed by atoms with Gasteiger partial charge in [0.2, 0.25) is 10.0 Å². The summed E-state index contributed by atoms with van der Waals surface area (Å²) >= 11 is 0. The van der Waals surface area contributed by atoms with Gasteiger partial charge in [0, 0.05) is 30.4 Å². The molecule has 3 heterocycles. The predicted molar refractivity (Wildman–Crippen MR) is 147 cm³/mol. The molecule has 1 aliphatic heterocycles. The first kappa shape index (κ1) is 23.9. The lowest BCUT2D eigenvalue weighted by molar-refractivity contribution is 0.477. The molecule has 3 aromatic carbocycles. The summed E-state index contributed by atoms with van der Waals surface area (Å²) in [6.45, 7) is 1.07. The Bertz CT molecular complexity index is 1770. The van der Waals surface area contributed by atoms with E-state index in [1.54, 1.807) is 29.0 Å². The largest absolute Gasteiger partial charge is 0.337 e. The first-order valence-corrected chi connectivity index (χ1v) is 13.8. The number of H-pyrrole nitrogens is 1. The molecule has 0 amide bonds. The van der Waals surface area contributed by atoms with Gasteiger partial charge < -0.3 is 4.98 Å². The highest BCUT2D eigenvalue weighted by atomic mass is 32.2. The van der Waals surface area contributed by atoms with Crippen LogP contribution in [0, 0.1) is 11.3 Å². The molecule has 0 radical (unpaired) electrons. The summed E-state index contributed by atoms with van der Waals surface area (Å²) in [4.78, 5) is 8.03. The van der Waals surface area contributed by atoms with E-state index in [9.17, 15) is 13.7 Å². The molecule has 188 valence electrons. The molecule has 1 saturated heterocycles. The molecule has 1 aliphatic rings. The number of nitrogens with zero attached hydrogens (tertiary/aromatic N) is 5. The van der Waals surface area contributed by atoms with E-state index in [0.717, 1.165) is 29.6 Å². The number of sulfonamides is 1. The van der Waals surface area contributed by atoms with Gasteiger partial charge in [-0.25, -0.2) is 18.1 Å². The number of nitriles is 1. The highest BCUT2D eigenvalue weighted by Crippen LogP contribution is 2.30. The molecule has 0 aliphatic carbocycles. The summed E-state index contributed by atoms with van der Waals surface area (Å²) in [6.07, 6.45) is 5.32. The van der Waals surface area contributed by atoms with Crippen molar-refractivity contribution >= 4 is 32.7 Å². The number of aromatic amines is 1. The minimum Gasteiger partial charge on any atom is -0.337 e. The molecule has 0 spiro atoms. The Morgan fingerprint density at radius 2 is 1.74 bits per heavy atom. The van der Waals surface area contributed by atoms with Gasteiger partial charge >= 0.3 is 0 Å². The average Bonchev–Trinajstić information content (AvgIpc) is 3.72. The lowest BCUT2D eigenvalue weighted by Crippen LogP contribution is -2.27. The molecule has 1 N–H and O–H groups in total. The fourth-order valence-electron chi connectivity index (χ4n) is 4.70. The van der Waals surface area contributed by atoms with E-state index in [2.05, 4.69) is 16.0 Å². The Hall–Kier alpha value is -4.52. The Morgan fingerprint density at radius 3 is 2.50 bits per heavy atom. The minimum atomic E-state index is -3.60. The van der Waals surface area contributed by atoms with Crippen molar-refractivity contribution in [3.63, 3.8) is 0 Å². The maximum Gasteiger partial charge on any atom is 0.243 e. The number of rotatable bonds is 6. The molecule has 0 unspecified atom stereocenters. The van der Waals surface area contributed by atoms with Crippen LogP contribution in [0.4, 0.5) is 0 Å². The number of para-hydroxylation sites is 3. The molecule has 1 fully saturated rings. The van der Waals surface area contributed by atoms with Crippen LogP contribution >= 0.6 is 0 Å². The number of allylic oxidation sites excluding steroid dienone is 1. The second-order valence-electron chi connectivity index (χ2n) is 9.12. The van der Waals surface area contributed by atoms with Crippen LogP contribution in [0.3, 0.4) is 0 Å². The molecule has 0 atom stereocenters. The number of imidazole rings is 1. The second kappa shape index (κ2) is 9.74. The molecule has 5 aromatic rings. The lowest BCUT2D eigenvalue weighted by Gasteiger charge is -2.16. The number of hydrogen-bond acceptors (Lipinski definition) is 5. The van der Waals surface area contributed by atoms with E-state index in [-0.39, 0.29) is 4.90 Å². The zero-order valence-electron chi connectivity index (χ0n) is 20.4. The standard InChI is InChI=1S/C29H24N6O2S/c30-19-22(29-31-26-13-4-5-14-27(26)32-29)17-23-20-35(24-10-2-1-3-11-24)33-28(23)21-9-8-12-25(18-21)38(36,37)34-15-6-7-16-34/h1-5,8-14,17-18,20H,6-7,15-16H2,(H,31,32). The summed E-state index contributed by atoms with van der Waals surface area (Å²) in [5.41, 5.74) is 4.67. The number of aromatic nitrogens is 4.